The number of halogens is 5. The molecule has 0 aliphatic heterocycles. The fourth-order valence-corrected chi connectivity index (χ4v) is 0.711. The van der Waals surface area contributed by atoms with E-state index < -0.39 is 18.0 Å². The zero-order valence-corrected chi connectivity index (χ0v) is 6.46. The molecule has 2 N–H and O–H groups in total. The summed E-state index contributed by atoms with van der Waals surface area (Å²) < 4.78 is 59.5. The molecule has 0 saturated carbocycles. The molecule has 12 heavy (non-hydrogen) atoms. The van der Waals surface area contributed by atoms with E-state index in [0.717, 1.165) is 6.92 Å². The summed E-state index contributed by atoms with van der Waals surface area (Å²) >= 11 is 0. The van der Waals surface area contributed by atoms with E-state index in [2.05, 4.69) is 0 Å². The Kier molecular flexibility index (Phi) is 3.44. The maximum atomic E-state index is 12.3. The second-order valence-electron chi connectivity index (χ2n) is 2.60. The third-order valence-electron chi connectivity index (χ3n) is 1.60. The van der Waals surface area contributed by atoms with Crippen molar-refractivity contribution in [3.63, 3.8) is 0 Å². The number of rotatable bonds is 3. The van der Waals surface area contributed by atoms with Crippen LogP contribution >= 0.6 is 0 Å². The van der Waals surface area contributed by atoms with Gasteiger partial charge in [0.2, 0.25) is 0 Å². The van der Waals surface area contributed by atoms with Crippen LogP contribution in [0, 0.1) is 5.92 Å². The van der Waals surface area contributed by atoms with Crippen LogP contribution in [0.15, 0.2) is 0 Å². The summed E-state index contributed by atoms with van der Waals surface area (Å²) in [6, 6.07) is 0. The molecule has 6 heteroatoms. The van der Waals surface area contributed by atoms with E-state index in [1.54, 1.807) is 0 Å². The highest BCUT2D eigenvalue weighted by atomic mass is 19.4. The van der Waals surface area contributed by atoms with Crippen molar-refractivity contribution in [2.45, 2.75) is 25.4 Å². The minimum absolute atomic E-state index is 0.174. The van der Waals surface area contributed by atoms with Crippen molar-refractivity contribution in [1.82, 2.24) is 0 Å². The Hall–Kier alpha value is -0.390. The first-order chi connectivity index (χ1) is 5.23. The minimum atomic E-state index is -5.47. The van der Waals surface area contributed by atoms with Gasteiger partial charge in [0, 0.05) is 5.92 Å². The maximum Gasteiger partial charge on any atom is 0.453 e. The monoisotopic (exact) mass is 191 g/mol. The average molecular weight is 191 g/mol. The van der Waals surface area contributed by atoms with Crippen LogP contribution in [0.3, 0.4) is 0 Å². The molecule has 0 aliphatic carbocycles. The van der Waals surface area contributed by atoms with Crippen molar-refractivity contribution in [2.24, 2.45) is 11.7 Å². The lowest BCUT2D eigenvalue weighted by Crippen LogP contribution is -2.42. The van der Waals surface area contributed by atoms with Gasteiger partial charge < -0.3 is 5.73 Å². The normalized spacial score (nSPS) is 16.2. The summed E-state index contributed by atoms with van der Waals surface area (Å²) in [6.45, 7) is 0.660. The van der Waals surface area contributed by atoms with Crippen molar-refractivity contribution >= 4 is 0 Å². The molecule has 0 aromatic carbocycles. The first kappa shape index (κ1) is 11.6. The Morgan fingerprint density at radius 3 is 1.83 bits per heavy atom. The predicted molar refractivity (Wildman–Crippen MR) is 33.8 cm³/mol. The summed E-state index contributed by atoms with van der Waals surface area (Å²) in [5.41, 5.74) is 4.87. The van der Waals surface area contributed by atoms with Gasteiger partial charge in [0.05, 0.1) is 0 Å². The Morgan fingerprint density at radius 1 is 1.17 bits per heavy atom. The summed E-state index contributed by atoms with van der Waals surface area (Å²) in [4.78, 5) is 0. The lowest BCUT2D eigenvalue weighted by Gasteiger charge is -2.25. The zero-order valence-electron chi connectivity index (χ0n) is 6.46. The minimum Gasteiger partial charge on any atom is -0.330 e. The van der Waals surface area contributed by atoms with Gasteiger partial charge in [-0.3, -0.25) is 0 Å². The van der Waals surface area contributed by atoms with Gasteiger partial charge >= 0.3 is 12.1 Å². The molecule has 0 saturated heterocycles. The molecule has 0 amide bonds. The van der Waals surface area contributed by atoms with Gasteiger partial charge in [-0.2, -0.15) is 22.0 Å². The Balaban J connectivity index is 4.38. The molecule has 0 aliphatic rings. The Bertz CT molecular complexity index is 141. The van der Waals surface area contributed by atoms with Crippen LogP contribution in [-0.2, 0) is 0 Å². The first-order valence-electron chi connectivity index (χ1n) is 3.38. The highest BCUT2D eigenvalue weighted by molar-refractivity contribution is 4.81. The van der Waals surface area contributed by atoms with E-state index in [1.165, 1.54) is 0 Å². The second kappa shape index (κ2) is 3.55. The molecule has 74 valence electrons. The summed E-state index contributed by atoms with van der Waals surface area (Å²) in [6.07, 6.45) is -5.81. The zero-order chi connectivity index (χ0) is 9.99. The van der Waals surface area contributed by atoms with Crippen LogP contribution in [0.25, 0.3) is 0 Å². The third kappa shape index (κ3) is 2.30. The van der Waals surface area contributed by atoms with Gasteiger partial charge in [-0.25, -0.2) is 0 Å². The van der Waals surface area contributed by atoms with E-state index in [0.29, 0.717) is 0 Å². The molecular weight excluding hydrogens is 181 g/mol. The van der Waals surface area contributed by atoms with E-state index in [4.69, 9.17) is 5.73 Å². The fourth-order valence-electron chi connectivity index (χ4n) is 0.711. The van der Waals surface area contributed by atoms with Gasteiger partial charge in [-0.15, -0.1) is 0 Å². The van der Waals surface area contributed by atoms with Crippen LogP contribution in [0.4, 0.5) is 22.0 Å². The summed E-state index contributed by atoms with van der Waals surface area (Å²) in [7, 11) is 0. The molecule has 0 fully saturated rings. The number of alkyl halides is 5. The number of nitrogens with two attached hydrogens (primary N) is 1. The van der Waals surface area contributed by atoms with Crippen LogP contribution < -0.4 is 5.73 Å². The first-order valence-corrected chi connectivity index (χ1v) is 3.38. The van der Waals surface area contributed by atoms with Crippen molar-refractivity contribution in [1.29, 1.82) is 0 Å². The predicted octanol–water partition coefficient (Wildman–Crippen LogP) is 2.17. The largest absolute Gasteiger partial charge is 0.453 e. The van der Waals surface area contributed by atoms with Crippen LogP contribution in [-0.4, -0.2) is 18.6 Å². The fraction of sp³-hybridized carbons (Fsp3) is 1.00. The van der Waals surface area contributed by atoms with Crippen molar-refractivity contribution in [3.05, 3.63) is 0 Å². The van der Waals surface area contributed by atoms with E-state index in [-0.39, 0.29) is 13.0 Å². The summed E-state index contributed by atoms with van der Waals surface area (Å²) in [5.74, 6) is -6.39. The van der Waals surface area contributed by atoms with Gasteiger partial charge in [-0.05, 0) is 13.0 Å². The van der Waals surface area contributed by atoms with Gasteiger partial charge in [-0.1, -0.05) is 6.92 Å². The molecule has 0 heterocycles. The van der Waals surface area contributed by atoms with Crippen LogP contribution in [0.5, 0.6) is 0 Å². The highest BCUT2D eigenvalue weighted by Crippen LogP contribution is 2.41. The molecule has 0 rings (SSSR count). The second-order valence-corrected chi connectivity index (χ2v) is 2.60. The third-order valence-corrected chi connectivity index (χ3v) is 1.60. The van der Waals surface area contributed by atoms with Crippen molar-refractivity contribution in [3.8, 4) is 0 Å². The Labute approximate surface area is 66.7 Å². The van der Waals surface area contributed by atoms with Gasteiger partial charge in [0.25, 0.3) is 0 Å². The molecule has 0 aromatic rings. The topological polar surface area (TPSA) is 26.0 Å². The molecule has 0 spiro atoms. The molecule has 0 aromatic heterocycles. The SMILES string of the molecule is CC(CCN)C(F)(F)C(F)(F)F. The molecule has 1 unspecified atom stereocenters. The maximum absolute atomic E-state index is 12.3. The van der Waals surface area contributed by atoms with E-state index >= 15 is 0 Å². The lowest BCUT2D eigenvalue weighted by molar-refractivity contribution is -0.300. The summed E-state index contributed by atoms with van der Waals surface area (Å²) in [5, 5.41) is 0. The molecule has 1 nitrogen and oxygen atoms in total. The van der Waals surface area contributed by atoms with Gasteiger partial charge in [0.1, 0.15) is 0 Å². The van der Waals surface area contributed by atoms with Gasteiger partial charge in [0.15, 0.2) is 0 Å². The molecule has 1 atom stereocenters. The van der Waals surface area contributed by atoms with Crippen LogP contribution in [0.2, 0.25) is 0 Å². The van der Waals surface area contributed by atoms with E-state index in [1.807, 2.05) is 0 Å². The van der Waals surface area contributed by atoms with Crippen molar-refractivity contribution in [2.75, 3.05) is 6.54 Å². The Morgan fingerprint density at radius 2 is 1.58 bits per heavy atom. The standard InChI is InChI=1S/C6H10F5N/c1-4(2-3-12)5(7,8)6(9,10)11/h4H,2-3,12H2,1H3. The molecule has 0 radical (unpaired) electrons. The quantitative estimate of drug-likeness (QED) is 0.679. The van der Waals surface area contributed by atoms with Crippen LogP contribution in [0.1, 0.15) is 13.3 Å². The average Bonchev–Trinajstić information content (AvgIpc) is 1.85. The van der Waals surface area contributed by atoms with Crippen molar-refractivity contribution < 1.29 is 22.0 Å². The smallest absolute Gasteiger partial charge is 0.330 e. The molecular formula is C6H10F5N. The lowest BCUT2D eigenvalue weighted by atomic mass is 9.99. The van der Waals surface area contributed by atoms with E-state index in [9.17, 15) is 22.0 Å². The number of hydrogen-bond acceptors (Lipinski definition) is 1. The number of hydrogen-bond donors (Lipinski definition) is 1. The highest BCUT2D eigenvalue weighted by Gasteiger charge is 2.60. The molecule has 0 bridgehead atoms.